The Morgan fingerprint density at radius 1 is 1.32 bits per heavy atom. The van der Waals surface area contributed by atoms with E-state index in [9.17, 15) is 4.79 Å². The van der Waals surface area contributed by atoms with Gasteiger partial charge in [-0.05, 0) is 46.5 Å². The first-order valence-corrected chi connectivity index (χ1v) is 8.58. The molecule has 1 N–H and O–H groups in total. The van der Waals surface area contributed by atoms with Crippen molar-refractivity contribution < 1.29 is 4.79 Å². The van der Waals surface area contributed by atoms with E-state index in [1.807, 2.05) is 32.5 Å². The lowest BCUT2D eigenvalue weighted by atomic mass is 9.95. The van der Waals surface area contributed by atoms with Crippen LogP contribution in [0.2, 0.25) is 0 Å². The number of nitrogens with one attached hydrogen (secondary N) is 1. The molecule has 0 unspecified atom stereocenters. The predicted molar refractivity (Wildman–Crippen MR) is 87.3 cm³/mol. The Balaban J connectivity index is 1.82. The Morgan fingerprint density at radius 2 is 2.05 bits per heavy atom. The number of aromatic nitrogens is 3. The number of fused-ring (bicyclic) bond motifs is 1. The largest absolute Gasteiger partial charge is 0.342 e. The highest BCUT2D eigenvalue weighted by atomic mass is 32.1. The van der Waals surface area contributed by atoms with Crippen molar-refractivity contribution in [3.05, 3.63) is 32.5 Å². The normalized spacial score (nSPS) is 15.5. The maximum atomic E-state index is 12.6. The Labute approximate surface area is 134 Å². The van der Waals surface area contributed by atoms with Gasteiger partial charge in [0.05, 0.1) is 16.7 Å². The highest BCUT2D eigenvalue weighted by Crippen LogP contribution is 2.26. The average Bonchev–Trinajstić information content (AvgIpc) is 2.99. The van der Waals surface area contributed by atoms with E-state index < -0.39 is 0 Å². The minimum atomic E-state index is -0.0984. The van der Waals surface area contributed by atoms with Crippen LogP contribution in [-0.4, -0.2) is 20.7 Å². The van der Waals surface area contributed by atoms with Crippen molar-refractivity contribution in [2.24, 2.45) is 7.05 Å². The molecule has 0 fully saturated rings. The fraction of sp³-hybridized carbons (Fsp3) is 0.562. The zero-order valence-electron chi connectivity index (χ0n) is 13.6. The van der Waals surface area contributed by atoms with Crippen LogP contribution in [0.1, 0.15) is 63.1 Å². The summed E-state index contributed by atoms with van der Waals surface area (Å²) in [5.41, 5.74) is 3.89. The van der Waals surface area contributed by atoms with E-state index >= 15 is 0 Å². The Kier molecular flexibility index (Phi) is 4.04. The third-order valence-corrected chi connectivity index (χ3v) is 5.18. The van der Waals surface area contributed by atoms with Crippen LogP contribution in [0.4, 0.5) is 0 Å². The molecule has 3 rings (SSSR count). The van der Waals surface area contributed by atoms with Crippen molar-refractivity contribution >= 4 is 17.2 Å². The molecule has 22 heavy (non-hydrogen) atoms. The molecule has 1 amide bonds. The summed E-state index contributed by atoms with van der Waals surface area (Å²) in [5, 5.41) is 8.54. The Bertz CT molecular complexity index is 716. The molecule has 2 heterocycles. The molecular formula is C16H22N4OS. The fourth-order valence-electron chi connectivity index (χ4n) is 3.23. The van der Waals surface area contributed by atoms with Crippen LogP contribution in [0.25, 0.3) is 0 Å². The second-order valence-corrected chi connectivity index (χ2v) is 7.38. The Morgan fingerprint density at radius 3 is 2.73 bits per heavy atom. The van der Waals surface area contributed by atoms with Gasteiger partial charge in [0.1, 0.15) is 0 Å². The van der Waals surface area contributed by atoms with Crippen LogP contribution in [-0.2, 0) is 19.9 Å². The molecule has 0 aromatic carbocycles. The summed E-state index contributed by atoms with van der Waals surface area (Å²) in [6.07, 6.45) is 4.29. The molecule has 0 saturated carbocycles. The number of carbonyl (C=O) groups excluding carboxylic acids is 1. The summed E-state index contributed by atoms with van der Waals surface area (Å²) in [5.74, 6) is -0.0868. The van der Waals surface area contributed by atoms with Gasteiger partial charge in [-0.15, -0.1) is 11.3 Å². The third kappa shape index (κ3) is 2.67. The molecule has 1 aliphatic rings. The van der Waals surface area contributed by atoms with E-state index in [4.69, 9.17) is 0 Å². The van der Waals surface area contributed by atoms with Gasteiger partial charge in [0.25, 0.3) is 5.91 Å². The second kappa shape index (κ2) is 5.83. The number of rotatable bonds is 3. The molecule has 0 aliphatic heterocycles. The maximum Gasteiger partial charge on any atom is 0.272 e. The van der Waals surface area contributed by atoms with Crippen LogP contribution in [0.3, 0.4) is 0 Å². The second-order valence-electron chi connectivity index (χ2n) is 5.97. The number of aryl methyl sites for hydroxylation is 3. The molecule has 0 bridgehead atoms. The first-order chi connectivity index (χ1) is 10.5. The van der Waals surface area contributed by atoms with Gasteiger partial charge in [0.15, 0.2) is 5.69 Å². The zero-order chi connectivity index (χ0) is 15.9. The maximum absolute atomic E-state index is 12.6. The highest BCUT2D eigenvalue weighted by molar-refractivity contribution is 7.11. The van der Waals surface area contributed by atoms with Crippen LogP contribution < -0.4 is 5.32 Å². The van der Waals surface area contributed by atoms with E-state index in [1.54, 1.807) is 11.3 Å². The minimum Gasteiger partial charge on any atom is -0.342 e. The minimum absolute atomic E-state index is 0.0868. The molecule has 118 valence electrons. The van der Waals surface area contributed by atoms with Crippen molar-refractivity contribution in [2.45, 2.75) is 52.5 Å². The van der Waals surface area contributed by atoms with Crippen molar-refractivity contribution in [2.75, 3.05) is 0 Å². The molecule has 1 atom stereocenters. The SMILES string of the molecule is Cc1nc([C@H](C)NC(=O)c2nn(C)c3c2CCCC3)c(C)s1. The van der Waals surface area contributed by atoms with Crippen LogP contribution >= 0.6 is 11.3 Å². The van der Waals surface area contributed by atoms with Crippen molar-refractivity contribution in [1.82, 2.24) is 20.1 Å². The quantitative estimate of drug-likeness (QED) is 0.946. The molecule has 5 nitrogen and oxygen atoms in total. The molecule has 2 aromatic heterocycles. The predicted octanol–water partition coefficient (Wildman–Crippen LogP) is 2.86. The highest BCUT2D eigenvalue weighted by Gasteiger charge is 2.25. The number of hydrogen-bond donors (Lipinski definition) is 1. The van der Waals surface area contributed by atoms with Gasteiger partial charge in [-0.1, -0.05) is 0 Å². The van der Waals surface area contributed by atoms with Gasteiger partial charge in [0, 0.05) is 23.2 Å². The van der Waals surface area contributed by atoms with Gasteiger partial charge in [0.2, 0.25) is 0 Å². The third-order valence-electron chi connectivity index (χ3n) is 4.28. The first-order valence-electron chi connectivity index (χ1n) is 7.77. The zero-order valence-corrected chi connectivity index (χ0v) is 14.4. The number of thiazole rings is 1. The monoisotopic (exact) mass is 318 g/mol. The van der Waals surface area contributed by atoms with Gasteiger partial charge < -0.3 is 5.32 Å². The van der Waals surface area contributed by atoms with Gasteiger partial charge >= 0.3 is 0 Å². The standard InChI is InChI=1S/C16H22N4OS/c1-9(14-10(2)22-11(3)18-14)17-16(21)15-12-7-5-6-8-13(12)20(4)19-15/h9H,5-8H2,1-4H3,(H,17,21)/t9-/m0/s1. The summed E-state index contributed by atoms with van der Waals surface area (Å²) in [4.78, 5) is 18.3. The number of hydrogen-bond acceptors (Lipinski definition) is 4. The summed E-state index contributed by atoms with van der Waals surface area (Å²) in [7, 11) is 1.93. The fourth-order valence-corrected chi connectivity index (χ4v) is 4.15. The van der Waals surface area contributed by atoms with E-state index in [0.717, 1.165) is 40.4 Å². The van der Waals surface area contributed by atoms with Gasteiger partial charge in [-0.25, -0.2) is 4.98 Å². The van der Waals surface area contributed by atoms with E-state index in [1.165, 1.54) is 12.1 Å². The molecule has 0 saturated heterocycles. The van der Waals surface area contributed by atoms with E-state index in [0.29, 0.717) is 5.69 Å². The number of nitrogens with zero attached hydrogens (tertiary/aromatic N) is 3. The van der Waals surface area contributed by atoms with Gasteiger partial charge in [-0.3, -0.25) is 9.48 Å². The molecule has 2 aromatic rings. The van der Waals surface area contributed by atoms with Crippen molar-refractivity contribution in [3.63, 3.8) is 0 Å². The van der Waals surface area contributed by atoms with Crippen LogP contribution in [0.5, 0.6) is 0 Å². The Hall–Kier alpha value is -1.69. The van der Waals surface area contributed by atoms with Crippen LogP contribution in [0.15, 0.2) is 0 Å². The molecule has 1 aliphatic carbocycles. The smallest absolute Gasteiger partial charge is 0.272 e. The van der Waals surface area contributed by atoms with E-state index in [-0.39, 0.29) is 11.9 Å². The van der Waals surface area contributed by atoms with Crippen molar-refractivity contribution in [3.8, 4) is 0 Å². The molecular weight excluding hydrogens is 296 g/mol. The summed E-state index contributed by atoms with van der Waals surface area (Å²) < 4.78 is 1.87. The van der Waals surface area contributed by atoms with E-state index in [2.05, 4.69) is 15.4 Å². The van der Waals surface area contributed by atoms with Crippen LogP contribution in [0, 0.1) is 13.8 Å². The number of carbonyl (C=O) groups is 1. The molecule has 6 heteroatoms. The summed E-state index contributed by atoms with van der Waals surface area (Å²) in [6, 6.07) is -0.0984. The van der Waals surface area contributed by atoms with Gasteiger partial charge in [-0.2, -0.15) is 5.10 Å². The summed E-state index contributed by atoms with van der Waals surface area (Å²) >= 11 is 1.67. The topological polar surface area (TPSA) is 59.8 Å². The first kappa shape index (κ1) is 15.2. The average molecular weight is 318 g/mol. The lowest BCUT2D eigenvalue weighted by Crippen LogP contribution is -2.28. The molecule has 0 radical (unpaired) electrons. The molecule has 0 spiro atoms. The van der Waals surface area contributed by atoms with Crippen molar-refractivity contribution in [1.29, 1.82) is 0 Å². The lowest BCUT2D eigenvalue weighted by Gasteiger charge is -2.14. The lowest BCUT2D eigenvalue weighted by molar-refractivity contribution is 0.0932. The summed E-state index contributed by atoms with van der Waals surface area (Å²) in [6.45, 7) is 6.02. The number of amides is 1.